The quantitative estimate of drug-likeness (QED) is 0.766. The Labute approximate surface area is 129 Å². The van der Waals surface area contributed by atoms with Gasteiger partial charge in [0.1, 0.15) is 0 Å². The van der Waals surface area contributed by atoms with Crippen LogP contribution >= 0.6 is 23.1 Å². The van der Waals surface area contributed by atoms with E-state index in [0.29, 0.717) is 24.0 Å². The lowest BCUT2D eigenvalue weighted by Crippen LogP contribution is -2.31. The number of thiophene rings is 1. The van der Waals surface area contributed by atoms with Crippen molar-refractivity contribution in [1.29, 1.82) is 0 Å². The third-order valence-electron chi connectivity index (χ3n) is 3.45. The smallest absolute Gasteiger partial charge is 0.241 e. The molecule has 1 fully saturated rings. The molecule has 4 nitrogen and oxygen atoms in total. The van der Waals surface area contributed by atoms with Crippen molar-refractivity contribution < 1.29 is 8.42 Å². The molecule has 1 aliphatic rings. The van der Waals surface area contributed by atoms with Gasteiger partial charge in [-0.25, -0.2) is 13.1 Å². The maximum absolute atomic E-state index is 12.2. The first-order valence-electron chi connectivity index (χ1n) is 6.72. The zero-order valence-corrected chi connectivity index (χ0v) is 14.6. The highest BCUT2D eigenvalue weighted by atomic mass is 32.2. The molecule has 1 saturated carbocycles. The molecule has 0 saturated heterocycles. The van der Waals surface area contributed by atoms with E-state index in [-0.39, 0.29) is 4.75 Å². The second kappa shape index (κ2) is 6.36. The number of hydrogen-bond acceptors (Lipinski definition) is 5. The Bertz CT molecular complexity index is 548. The van der Waals surface area contributed by atoms with E-state index in [1.165, 1.54) is 11.3 Å². The molecule has 0 unspecified atom stereocenters. The van der Waals surface area contributed by atoms with Gasteiger partial charge in [0.25, 0.3) is 0 Å². The van der Waals surface area contributed by atoms with Crippen molar-refractivity contribution in [1.82, 2.24) is 10.0 Å². The molecule has 2 N–H and O–H groups in total. The first-order chi connectivity index (χ1) is 9.37. The fraction of sp³-hybridized carbons (Fsp3) is 0.692. The minimum Gasteiger partial charge on any atom is -0.310 e. The summed E-state index contributed by atoms with van der Waals surface area (Å²) in [7, 11) is -3.36. The molecule has 1 aromatic heterocycles. The summed E-state index contributed by atoms with van der Waals surface area (Å²) in [6.45, 7) is 5.40. The van der Waals surface area contributed by atoms with Crippen molar-refractivity contribution >= 4 is 33.1 Å². The van der Waals surface area contributed by atoms with Gasteiger partial charge in [-0.1, -0.05) is 13.8 Å². The van der Waals surface area contributed by atoms with Gasteiger partial charge in [0.05, 0.1) is 4.90 Å². The van der Waals surface area contributed by atoms with Crippen LogP contribution in [0, 0.1) is 0 Å². The van der Waals surface area contributed by atoms with Gasteiger partial charge in [-0.15, -0.1) is 11.3 Å². The lowest BCUT2D eigenvalue weighted by Gasteiger charge is -2.12. The fourth-order valence-electron chi connectivity index (χ4n) is 1.80. The van der Waals surface area contributed by atoms with Crippen LogP contribution in [0.4, 0.5) is 0 Å². The lowest BCUT2D eigenvalue weighted by atomic mass is 10.4. The van der Waals surface area contributed by atoms with Gasteiger partial charge < -0.3 is 5.32 Å². The molecule has 0 atom stereocenters. The van der Waals surface area contributed by atoms with Crippen LogP contribution in [-0.4, -0.2) is 32.0 Å². The third-order valence-corrected chi connectivity index (χ3v) is 7.33. The molecule has 1 aliphatic carbocycles. The summed E-state index contributed by atoms with van der Waals surface area (Å²) in [5.41, 5.74) is 0. The topological polar surface area (TPSA) is 58.2 Å². The highest BCUT2D eigenvalue weighted by Gasteiger charge is 2.42. The first-order valence-corrected chi connectivity index (χ1v) is 10.3. The summed E-state index contributed by atoms with van der Waals surface area (Å²) in [6, 6.07) is 2.16. The predicted octanol–water partition coefficient (Wildman–Crippen LogP) is 2.42. The van der Waals surface area contributed by atoms with Gasteiger partial charge in [0.15, 0.2) is 0 Å². The van der Waals surface area contributed by atoms with E-state index in [1.807, 2.05) is 6.26 Å². The predicted molar refractivity (Wildman–Crippen MR) is 87.0 cm³/mol. The number of nitrogens with one attached hydrogen (secondary N) is 2. The molecule has 0 radical (unpaired) electrons. The van der Waals surface area contributed by atoms with Crippen molar-refractivity contribution in [3.8, 4) is 0 Å². The van der Waals surface area contributed by atoms with Gasteiger partial charge >= 0.3 is 0 Å². The molecule has 2 rings (SSSR count). The highest BCUT2D eigenvalue weighted by molar-refractivity contribution is 8.00. The van der Waals surface area contributed by atoms with Crippen molar-refractivity contribution in [3.05, 3.63) is 16.3 Å². The molecule has 20 heavy (non-hydrogen) atoms. The summed E-state index contributed by atoms with van der Waals surface area (Å²) in [4.78, 5) is 1.44. The first kappa shape index (κ1) is 16.3. The molecule has 114 valence electrons. The Morgan fingerprint density at radius 1 is 1.45 bits per heavy atom. The number of rotatable bonds is 8. The highest BCUT2D eigenvalue weighted by Crippen LogP contribution is 2.46. The van der Waals surface area contributed by atoms with Crippen molar-refractivity contribution in [2.75, 3.05) is 12.8 Å². The average molecular weight is 335 g/mol. The standard InChI is InChI=1S/C13H22N2O2S3/c1-10(2)14-7-11-6-12(8-19-11)20(16,17)15-9-13(18-3)4-5-13/h6,8,10,14-15H,4-5,7,9H2,1-3H3. The van der Waals surface area contributed by atoms with E-state index >= 15 is 0 Å². The minimum atomic E-state index is -3.36. The fourth-order valence-corrected chi connectivity index (χ4v) is 4.97. The minimum absolute atomic E-state index is 0.144. The van der Waals surface area contributed by atoms with Gasteiger partial charge in [0.2, 0.25) is 10.0 Å². The number of hydrogen-bond donors (Lipinski definition) is 2. The van der Waals surface area contributed by atoms with Gasteiger partial charge in [-0.2, -0.15) is 11.8 Å². The van der Waals surface area contributed by atoms with E-state index in [4.69, 9.17) is 0 Å². The van der Waals surface area contributed by atoms with Crippen LogP contribution in [-0.2, 0) is 16.6 Å². The maximum atomic E-state index is 12.2. The van der Waals surface area contributed by atoms with E-state index < -0.39 is 10.0 Å². The number of sulfonamides is 1. The van der Waals surface area contributed by atoms with Crippen LogP contribution in [0.15, 0.2) is 16.3 Å². The molecule has 0 spiro atoms. The second-order valence-electron chi connectivity index (χ2n) is 5.50. The summed E-state index contributed by atoms with van der Waals surface area (Å²) in [6.07, 6.45) is 4.25. The van der Waals surface area contributed by atoms with Gasteiger partial charge in [-0.3, -0.25) is 0 Å². The van der Waals surface area contributed by atoms with Gasteiger partial charge in [-0.05, 0) is 25.2 Å². The summed E-state index contributed by atoms with van der Waals surface area (Å²) < 4.78 is 27.4. The summed E-state index contributed by atoms with van der Waals surface area (Å²) >= 11 is 3.24. The molecular formula is C13H22N2O2S3. The second-order valence-corrected chi connectivity index (χ2v) is 9.53. The number of thioether (sulfide) groups is 1. The average Bonchev–Trinajstić information content (AvgIpc) is 3.02. The monoisotopic (exact) mass is 334 g/mol. The van der Waals surface area contributed by atoms with E-state index in [0.717, 1.165) is 17.7 Å². The van der Waals surface area contributed by atoms with Gasteiger partial charge in [0, 0.05) is 34.1 Å². The lowest BCUT2D eigenvalue weighted by molar-refractivity contribution is 0.579. The van der Waals surface area contributed by atoms with Crippen LogP contribution in [0.2, 0.25) is 0 Å². The Hall–Kier alpha value is -0.0800. The van der Waals surface area contributed by atoms with Crippen LogP contribution in [0.25, 0.3) is 0 Å². The molecule has 0 bridgehead atoms. The molecule has 0 aliphatic heterocycles. The third kappa shape index (κ3) is 4.21. The Balaban J connectivity index is 1.95. The van der Waals surface area contributed by atoms with E-state index in [9.17, 15) is 8.42 Å². The maximum Gasteiger partial charge on any atom is 0.241 e. The van der Waals surface area contributed by atoms with Crippen LogP contribution < -0.4 is 10.0 Å². The normalized spacial score (nSPS) is 17.6. The van der Waals surface area contributed by atoms with Crippen molar-refractivity contribution in [2.24, 2.45) is 0 Å². The van der Waals surface area contributed by atoms with Crippen molar-refractivity contribution in [2.45, 2.75) is 48.9 Å². The van der Waals surface area contributed by atoms with Crippen LogP contribution in [0.1, 0.15) is 31.6 Å². The van der Waals surface area contributed by atoms with Crippen molar-refractivity contribution in [3.63, 3.8) is 0 Å². The zero-order valence-electron chi connectivity index (χ0n) is 12.1. The molecular weight excluding hydrogens is 312 g/mol. The molecule has 1 aromatic rings. The summed E-state index contributed by atoms with van der Waals surface area (Å²) in [5, 5.41) is 5.01. The van der Waals surface area contributed by atoms with Crippen LogP contribution in [0.3, 0.4) is 0 Å². The van der Waals surface area contributed by atoms with Crippen LogP contribution in [0.5, 0.6) is 0 Å². The Morgan fingerprint density at radius 3 is 2.70 bits per heavy atom. The SMILES string of the molecule is CSC1(CNS(=O)(=O)c2csc(CNC(C)C)c2)CC1. The zero-order chi connectivity index (χ0) is 14.8. The molecule has 0 amide bonds. The Morgan fingerprint density at radius 2 is 2.15 bits per heavy atom. The Kier molecular flexibility index (Phi) is 5.18. The summed E-state index contributed by atoms with van der Waals surface area (Å²) in [5.74, 6) is 0. The molecule has 0 aromatic carbocycles. The van der Waals surface area contributed by atoms with E-state index in [1.54, 1.807) is 23.2 Å². The molecule has 7 heteroatoms. The van der Waals surface area contributed by atoms with E-state index in [2.05, 4.69) is 23.9 Å². The molecule has 1 heterocycles. The largest absolute Gasteiger partial charge is 0.310 e.